The third-order valence-electron chi connectivity index (χ3n) is 6.41. The van der Waals surface area contributed by atoms with Gasteiger partial charge in [0.15, 0.2) is 0 Å². The molecule has 0 radical (unpaired) electrons. The standard InChI is InChI=1S/C31H33BrO3Si/c1-31(2,3)36(27-16-10-6-11-17-27,28-18-12-7-13-19-28)35-23-25-20-26(21-29(32)30(25)33-4)34-22-24-14-8-5-9-15-24/h5-21H,22-23H2,1-4H3. The fourth-order valence-electron chi connectivity index (χ4n) is 4.73. The van der Waals surface area contributed by atoms with Gasteiger partial charge in [-0.1, -0.05) is 112 Å². The van der Waals surface area contributed by atoms with Gasteiger partial charge < -0.3 is 13.9 Å². The van der Waals surface area contributed by atoms with Crippen molar-refractivity contribution in [2.45, 2.75) is 39.0 Å². The van der Waals surface area contributed by atoms with E-state index in [1.165, 1.54) is 10.4 Å². The maximum atomic E-state index is 7.15. The molecular formula is C31H33BrO3Si. The summed E-state index contributed by atoms with van der Waals surface area (Å²) < 4.78 is 19.9. The first-order valence-electron chi connectivity index (χ1n) is 12.1. The van der Waals surface area contributed by atoms with Crippen molar-refractivity contribution < 1.29 is 13.9 Å². The van der Waals surface area contributed by atoms with Crippen LogP contribution in [0.1, 0.15) is 31.9 Å². The number of benzene rings is 4. The van der Waals surface area contributed by atoms with Gasteiger partial charge in [0, 0.05) is 5.56 Å². The second-order valence-corrected chi connectivity index (χ2v) is 15.0. The van der Waals surface area contributed by atoms with Crippen LogP contribution < -0.4 is 19.8 Å². The Labute approximate surface area is 224 Å². The van der Waals surface area contributed by atoms with E-state index in [1.807, 2.05) is 30.3 Å². The summed E-state index contributed by atoms with van der Waals surface area (Å²) >= 11 is 3.68. The van der Waals surface area contributed by atoms with Gasteiger partial charge in [-0.15, -0.1) is 0 Å². The van der Waals surface area contributed by atoms with Gasteiger partial charge in [0.05, 0.1) is 18.2 Å². The molecule has 0 aliphatic heterocycles. The highest BCUT2D eigenvalue weighted by Gasteiger charge is 2.50. The molecule has 4 aromatic carbocycles. The quantitative estimate of drug-likeness (QED) is 0.204. The normalized spacial score (nSPS) is 11.8. The van der Waals surface area contributed by atoms with Crippen molar-refractivity contribution in [3.8, 4) is 11.5 Å². The minimum Gasteiger partial charge on any atom is -0.495 e. The summed E-state index contributed by atoms with van der Waals surface area (Å²) in [6.45, 7) is 7.75. The number of hydrogen-bond donors (Lipinski definition) is 0. The van der Waals surface area contributed by atoms with E-state index >= 15 is 0 Å². The molecule has 0 aliphatic carbocycles. The van der Waals surface area contributed by atoms with Crippen LogP contribution in [0, 0.1) is 0 Å². The second kappa shape index (κ2) is 11.5. The van der Waals surface area contributed by atoms with Crippen molar-refractivity contribution in [2.24, 2.45) is 0 Å². The van der Waals surface area contributed by atoms with Gasteiger partial charge in [0.2, 0.25) is 0 Å². The van der Waals surface area contributed by atoms with Crippen LogP contribution in [0.5, 0.6) is 11.5 Å². The van der Waals surface area contributed by atoms with Crippen LogP contribution in [0.2, 0.25) is 5.04 Å². The Morgan fingerprint density at radius 3 is 1.75 bits per heavy atom. The zero-order chi connectivity index (χ0) is 25.6. The number of ether oxygens (including phenoxy) is 2. The van der Waals surface area contributed by atoms with Crippen molar-refractivity contribution in [1.29, 1.82) is 0 Å². The first kappa shape index (κ1) is 26.2. The zero-order valence-electron chi connectivity index (χ0n) is 21.3. The molecule has 0 amide bonds. The van der Waals surface area contributed by atoms with Crippen molar-refractivity contribution in [3.05, 3.63) is 119 Å². The van der Waals surface area contributed by atoms with Gasteiger partial charge in [0.1, 0.15) is 18.1 Å². The average Bonchev–Trinajstić information content (AvgIpc) is 2.89. The SMILES string of the molecule is COc1c(Br)cc(OCc2ccccc2)cc1CO[Si](c1ccccc1)(c1ccccc1)C(C)(C)C. The highest BCUT2D eigenvalue weighted by Crippen LogP contribution is 2.39. The molecule has 0 saturated heterocycles. The van der Waals surface area contributed by atoms with E-state index < -0.39 is 8.32 Å². The molecule has 0 aromatic heterocycles. The zero-order valence-corrected chi connectivity index (χ0v) is 23.9. The van der Waals surface area contributed by atoms with E-state index in [0.29, 0.717) is 13.2 Å². The summed E-state index contributed by atoms with van der Waals surface area (Å²) in [5.74, 6) is 1.53. The largest absolute Gasteiger partial charge is 0.495 e. The van der Waals surface area contributed by atoms with Gasteiger partial charge in [-0.3, -0.25) is 0 Å². The van der Waals surface area contributed by atoms with Crippen LogP contribution in [0.3, 0.4) is 0 Å². The fraction of sp³-hybridized carbons (Fsp3) is 0.226. The lowest BCUT2D eigenvalue weighted by Gasteiger charge is -2.43. The van der Waals surface area contributed by atoms with Crippen molar-refractivity contribution in [1.82, 2.24) is 0 Å². The number of hydrogen-bond acceptors (Lipinski definition) is 3. The van der Waals surface area contributed by atoms with E-state index in [2.05, 4.69) is 109 Å². The van der Waals surface area contributed by atoms with Crippen LogP contribution >= 0.6 is 15.9 Å². The molecule has 4 rings (SSSR count). The van der Waals surface area contributed by atoms with Crippen LogP contribution in [0.15, 0.2) is 108 Å². The number of halogens is 1. The molecule has 0 bridgehead atoms. The van der Waals surface area contributed by atoms with Crippen molar-refractivity contribution in [3.63, 3.8) is 0 Å². The molecule has 0 unspecified atom stereocenters. The Morgan fingerprint density at radius 1 is 0.722 bits per heavy atom. The van der Waals surface area contributed by atoms with Gasteiger partial charge in [-0.2, -0.15) is 0 Å². The lowest BCUT2D eigenvalue weighted by Crippen LogP contribution is -2.66. The minimum absolute atomic E-state index is 0.110. The highest BCUT2D eigenvalue weighted by atomic mass is 79.9. The third-order valence-corrected chi connectivity index (χ3v) is 12.0. The molecule has 0 heterocycles. The van der Waals surface area contributed by atoms with E-state index in [1.54, 1.807) is 7.11 Å². The molecule has 36 heavy (non-hydrogen) atoms. The summed E-state index contributed by atoms with van der Waals surface area (Å²) in [6.07, 6.45) is 0. The Bertz CT molecular complexity index is 1220. The molecule has 3 nitrogen and oxygen atoms in total. The predicted octanol–water partition coefficient (Wildman–Crippen LogP) is 7.11. The molecule has 4 aromatic rings. The lowest BCUT2D eigenvalue weighted by atomic mass is 10.2. The Kier molecular flexibility index (Phi) is 8.34. The predicted molar refractivity (Wildman–Crippen MR) is 154 cm³/mol. The number of methoxy groups -OCH3 is 1. The molecular weight excluding hydrogens is 528 g/mol. The van der Waals surface area contributed by atoms with Crippen LogP contribution in [-0.4, -0.2) is 15.4 Å². The maximum Gasteiger partial charge on any atom is 0.261 e. The van der Waals surface area contributed by atoms with Crippen LogP contribution in [-0.2, 0) is 17.6 Å². The lowest BCUT2D eigenvalue weighted by molar-refractivity contribution is 0.274. The summed E-state index contributed by atoms with van der Waals surface area (Å²) in [4.78, 5) is 0. The van der Waals surface area contributed by atoms with E-state index in [4.69, 9.17) is 13.9 Å². The summed E-state index contributed by atoms with van der Waals surface area (Å²) in [5, 5.41) is 2.39. The van der Waals surface area contributed by atoms with Gasteiger partial charge >= 0.3 is 0 Å². The van der Waals surface area contributed by atoms with Gasteiger partial charge in [0.25, 0.3) is 8.32 Å². The van der Waals surface area contributed by atoms with Gasteiger partial charge in [-0.25, -0.2) is 0 Å². The average molecular weight is 562 g/mol. The summed E-state index contributed by atoms with van der Waals surface area (Å²) in [5.41, 5.74) is 2.07. The summed E-state index contributed by atoms with van der Waals surface area (Å²) in [7, 11) is -0.994. The molecule has 0 saturated carbocycles. The first-order valence-corrected chi connectivity index (χ1v) is 14.8. The Balaban J connectivity index is 1.72. The summed E-state index contributed by atoms with van der Waals surface area (Å²) in [6, 6.07) is 35.5. The van der Waals surface area contributed by atoms with Crippen LogP contribution in [0.25, 0.3) is 0 Å². The van der Waals surface area contributed by atoms with E-state index in [0.717, 1.165) is 27.1 Å². The fourth-order valence-corrected chi connectivity index (χ4v) is 9.90. The van der Waals surface area contributed by atoms with E-state index in [9.17, 15) is 0 Å². The van der Waals surface area contributed by atoms with Gasteiger partial charge in [-0.05, 0) is 49.0 Å². The Morgan fingerprint density at radius 2 is 1.25 bits per heavy atom. The molecule has 186 valence electrons. The minimum atomic E-state index is -2.69. The topological polar surface area (TPSA) is 27.7 Å². The molecule has 0 N–H and O–H groups in total. The Hall–Kier alpha value is -2.86. The smallest absolute Gasteiger partial charge is 0.261 e. The molecule has 0 fully saturated rings. The highest BCUT2D eigenvalue weighted by molar-refractivity contribution is 9.10. The second-order valence-electron chi connectivity index (χ2n) is 9.82. The van der Waals surface area contributed by atoms with E-state index in [-0.39, 0.29) is 5.04 Å². The van der Waals surface area contributed by atoms with Crippen LogP contribution in [0.4, 0.5) is 0 Å². The first-order chi connectivity index (χ1) is 17.3. The third kappa shape index (κ3) is 5.59. The molecule has 0 spiro atoms. The monoisotopic (exact) mass is 560 g/mol. The number of rotatable bonds is 9. The van der Waals surface area contributed by atoms with Crippen molar-refractivity contribution in [2.75, 3.05) is 7.11 Å². The van der Waals surface area contributed by atoms with Crippen molar-refractivity contribution >= 4 is 34.6 Å². The molecule has 0 aliphatic rings. The molecule has 5 heteroatoms. The molecule has 0 atom stereocenters. The maximum absolute atomic E-state index is 7.15.